The standard InChI is InChI=1S/C23H22BrN3OS/c1-14-13-23(2,3)27(4)19-10-5-15(11-18(14)19)12-20-21(28)26-22(29-20)25-17-8-6-16(24)7-9-17/h5-13H,1-4H3,(H,25,26,28)/b20-12-. The number of amides is 1. The van der Waals surface area contributed by atoms with E-state index in [0.29, 0.717) is 10.1 Å². The Morgan fingerprint density at radius 2 is 1.90 bits per heavy atom. The monoisotopic (exact) mass is 467 g/mol. The van der Waals surface area contributed by atoms with Crippen molar-refractivity contribution in [2.24, 2.45) is 4.99 Å². The number of carbonyl (C=O) groups is 1. The van der Waals surface area contributed by atoms with Crippen LogP contribution in [0.15, 0.2) is 62.9 Å². The number of aliphatic imine (C=N–C) groups is 1. The molecule has 0 spiro atoms. The third-order valence-electron chi connectivity index (χ3n) is 5.25. The lowest BCUT2D eigenvalue weighted by Gasteiger charge is -2.40. The Bertz CT molecular complexity index is 1080. The molecule has 0 radical (unpaired) electrons. The van der Waals surface area contributed by atoms with Crippen LogP contribution in [0.1, 0.15) is 31.9 Å². The number of likely N-dealkylation sites (N-methyl/N-ethyl adjacent to an activating group) is 1. The lowest BCUT2D eigenvalue weighted by molar-refractivity contribution is -0.115. The summed E-state index contributed by atoms with van der Waals surface area (Å²) in [5.41, 5.74) is 5.46. The number of allylic oxidation sites excluding steroid dienone is 1. The van der Waals surface area contributed by atoms with E-state index >= 15 is 0 Å². The van der Waals surface area contributed by atoms with Gasteiger partial charge in [0.25, 0.3) is 5.91 Å². The van der Waals surface area contributed by atoms with Crippen LogP contribution in [0.2, 0.25) is 0 Å². The van der Waals surface area contributed by atoms with Gasteiger partial charge in [0.2, 0.25) is 0 Å². The van der Waals surface area contributed by atoms with Gasteiger partial charge in [0.05, 0.1) is 16.1 Å². The predicted molar refractivity (Wildman–Crippen MR) is 128 cm³/mol. The molecule has 0 aromatic heterocycles. The molecule has 0 bridgehead atoms. The van der Waals surface area contributed by atoms with Crippen molar-refractivity contribution < 1.29 is 4.79 Å². The fraction of sp³-hybridized carbons (Fsp3) is 0.217. The van der Waals surface area contributed by atoms with Crippen LogP contribution in [0.25, 0.3) is 11.6 Å². The Morgan fingerprint density at radius 1 is 1.17 bits per heavy atom. The molecule has 0 saturated carbocycles. The maximum absolute atomic E-state index is 12.4. The highest BCUT2D eigenvalue weighted by Crippen LogP contribution is 2.39. The molecule has 148 valence electrons. The van der Waals surface area contributed by atoms with Crippen LogP contribution in [0.3, 0.4) is 0 Å². The molecule has 2 aliphatic heterocycles. The van der Waals surface area contributed by atoms with Crippen LogP contribution in [0.4, 0.5) is 11.4 Å². The molecule has 2 aliphatic rings. The van der Waals surface area contributed by atoms with Crippen molar-refractivity contribution in [2.75, 3.05) is 11.9 Å². The number of benzene rings is 2. The normalized spacial score (nSPS) is 20.7. The number of thioether (sulfide) groups is 1. The van der Waals surface area contributed by atoms with Gasteiger partial charge in [-0.25, -0.2) is 4.99 Å². The molecule has 1 saturated heterocycles. The molecule has 2 heterocycles. The molecule has 2 aromatic carbocycles. The Labute approximate surface area is 183 Å². The van der Waals surface area contributed by atoms with Gasteiger partial charge >= 0.3 is 0 Å². The minimum atomic E-state index is -0.117. The highest BCUT2D eigenvalue weighted by molar-refractivity contribution is 9.10. The number of nitrogens with zero attached hydrogens (tertiary/aromatic N) is 2. The van der Waals surface area contributed by atoms with Gasteiger partial charge in [-0.1, -0.05) is 28.1 Å². The average molecular weight is 468 g/mol. The molecule has 29 heavy (non-hydrogen) atoms. The summed E-state index contributed by atoms with van der Waals surface area (Å²) in [6, 6.07) is 14.0. The number of rotatable bonds is 2. The number of amidine groups is 1. The maximum atomic E-state index is 12.4. The molecule has 0 aliphatic carbocycles. The third kappa shape index (κ3) is 4.05. The highest BCUT2D eigenvalue weighted by Gasteiger charge is 2.29. The fourth-order valence-corrected chi connectivity index (χ4v) is 4.64. The predicted octanol–water partition coefficient (Wildman–Crippen LogP) is 5.97. The Balaban J connectivity index is 1.61. The molecule has 2 aromatic rings. The molecular formula is C23H22BrN3OS. The van der Waals surface area contributed by atoms with Gasteiger partial charge in [0, 0.05) is 22.8 Å². The molecule has 0 atom stereocenters. The first-order valence-corrected chi connectivity index (χ1v) is 11.0. The third-order valence-corrected chi connectivity index (χ3v) is 6.69. The summed E-state index contributed by atoms with van der Waals surface area (Å²) < 4.78 is 0.996. The number of anilines is 1. The van der Waals surface area contributed by atoms with Gasteiger partial charge in [0.1, 0.15) is 0 Å². The molecule has 0 unspecified atom stereocenters. The van der Waals surface area contributed by atoms with Crippen molar-refractivity contribution in [1.29, 1.82) is 0 Å². The molecule has 4 rings (SSSR count). The van der Waals surface area contributed by atoms with Crippen molar-refractivity contribution in [3.05, 3.63) is 69.0 Å². The molecule has 1 N–H and O–H groups in total. The van der Waals surface area contributed by atoms with E-state index in [2.05, 4.69) is 83.2 Å². The second-order valence-corrected chi connectivity index (χ2v) is 9.72. The van der Waals surface area contributed by atoms with Crippen molar-refractivity contribution >= 4 is 61.8 Å². The molecular weight excluding hydrogens is 446 g/mol. The largest absolute Gasteiger partial charge is 0.366 e. The molecule has 4 nitrogen and oxygen atoms in total. The van der Waals surface area contributed by atoms with E-state index in [0.717, 1.165) is 15.7 Å². The summed E-state index contributed by atoms with van der Waals surface area (Å²) in [7, 11) is 2.12. The average Bonchev–Trinajstić information content (AvgIpc) is 3.00. The first-order valence-electron chi connectivity index (χ1n) is 9.36. The first kappa shape index (κ1) is 20.0. The summed E-state index contributed by atoms with van der Waals surface area (Å²) >= 11 is 4.78. The minimum absolute atomic E-state index is 0.0172. The van der Waals surface area contributed by atoms with Crippen molar-refractivity contribution in [2.45, 2.75) is 26.3 Å². The fourth-order valence-electron chi connectivity index (χ4n) is 3.53. The highest BCUT2D eigenvalue weighted by atomic mass is 79.9. The van der Waals surface area contributed by atoms with Crippen LogP contribution in [0.5, 0.6) is 0 Å². The second-order valence-electron chi connectivity index (χ2n) is 7.77. The van der Waals surface area contributed by atoms with Gasteiger partial charge in [0.15, 0.2) is 5.17 Å². The lowest BCUT2D eigenvalue weighted by atomic mass is 9.88. The Hall–Kier alpha value is -2.31. The van der Waals surface area contributed by atoms with Crippen molar-refractivity contribution in [1.82, 2.24) is 5.32 Å². The SMILES string of the molecule is CC1=CC(C)(C)N(C)c2ccc(/C=C3\SC(=Nc4ccc(Br)cc4)NC3=O)cc21. The van der Waals surface area contributed by atoms with E-state index in [1.54, 1.807) is 0 Å². The summed E-state index contributed by atoms with van der Waals surface area (Å²) in [5.74, 6) is -0.117. The smallest absolute Gasteiger partial charge is 0.264 e. The van der Waals surface area contributed by atoms with Crippen molar-refractivity contribution in [3.8, 4) is 0 Å². The zero-order chi connectivity index (χ0) is 20.8. The number of carbonyl (C=O) groups excluding carboxylic acids is 1. The first-order chi connectivity index (χ1) is 13.7. The minimum Gasteiger partial charge on any atom is -0.366 e. The maximum Gasteiger partial charge on any atom is 0.264 e. The lowest BCUT2D eigenvalue weighted by Crippen LogP contribution is -2.42. The van der Waals surface area contributed by atoms with Crippen LogP contribution in [0, 0.1) is 0 Å². The van der Waals surface area contributed by atoms with E-state index < -0.39 is 0 Å². The van der Waals surface area contributed by atoms with E-state index in [1.807, 2.05) is 30.3 Å². The van der Waals surface area contributed by atoms with Crippen molar-refractivity contribution in [3.63, 3.8) is 0 Å². The summed E-state index contributed by atoms with van der Waals surface area (Å²) in [4.78, 5) is 19.9. The summed E-state index contributed by atoms with van der Waals surface area (Å²) in [5, 5.41) is 3.45. The molecule has 1 fully saturated rings. The summed E-state index contributed by atoms with van der Waals surface area (Å²) in [6.45, 7) is 6.56. The second kappa shape index (κ2) is 7.50. The van der Waals surface area contributed by atoms with Gasteiger partial charge in [-0.05, 0) is 86.1 Å². The Morgan fingerprint density at radius 3 is 2.62 bits per heavy atom. The van der Waals surface area contributed by atoms with Crippen LogP contribution < -0.4 is 10.2 Å². The van der Waals surface area contributed by atoms with E-state index in [-0.39, 0.29) is 11.4 Å². The topological polar surface area (TPSA) is 44.7 Å². The number of nitrogens with one attached hydrogen (secondary N) is 1. The van der Waals surface area contributed by atoms with Gasteiger partial charge in [-0.3, -0.25) is 4.79 Å². The van der Waals surface area contributed by atoms with E-state index in [9.17, 15) is 4.79 Å². The van der Waals surface area contributed by atoms with Gasteiger partial charge in [-0.15, -0.1) is 0 Å². The quantitative estimate of drug-likeness (QED) is 0.553. The Kier molecular flexibility index (Phi) is 5.17. The zero-order valence-corrected chi connectivity index (χ0v) is 19.2. The molecule has 1 amide bonds. The van der Waals surface area contributed by atoms with Crippen LogP contribution >= 0.6 is 27.7 Å². The van der Waals surface area contributed by atoms with E-state index in [1.165, 1.54) is 28.6 Å². The van der Waals surface area contributed by atoms with Crippen LogP contribution in [-0.4, -0.2) is 23.7 Å². The molecule has 6 heteroatoms. The number of halogens is 1. The number of fused-ring (bicyclic) bond motifs is 1. The zero-order valence-electron chi connectivity index (χ0n) is 16.8. The van der Waals surface area contributed by atoms with Gasteiger partial charge in [-0.2, -0.15) is 0 Å². The number of hydrogen-bond acceptors (Lipinski definition) is 4. The van der Waals surface area contributed by atoms with Gasteiger partial charge < -0.3 is 10.2 Å². The van der Waals surface area contributed by atoms with Crippen LogP contribution in [-0.2, 0) is 4.79 Å². The van der Waals surface area contributed by atoms with E-state index in [4.69, 9.17) is 0 Å². The summed E-state index contributed by atoms with van der Waals surface area (Å²) in [6.07, 6.45) is 4.21. The number of hydrogen-bond donors (Lipinski definition) is 1.